The highest BCUT2D eigenvalue weighted by Gasteiger charge is 2.24. The number of rotatable bonds is 4. The van der Waals surface area contributed by atoms with Crippen molar-refractivity contribution in [2.24, 2.45) is 5.16 Å². The predicted octanol–water partition coefficient (Wildman–Crippen LogP) is 3.63. The van der Waals surface area contributed by atoms with Crippen LogP contribution in [0.1, 0.15) is 26.0 Å². The van der Waals surface area contributed by atoms with E-state index in [9.17, 15) is 0 Å². The number of oxime groups is 1. The van der Waals surface area contributed by atoms with Crippen LogP contribution in [-0.4, -0.2) is 45.3 Å². The second kappa shape index (κ2) is 7.40. The molecule has 138 valence electrons. The molecule has 4 rings (SSSR count). The van der Waals surface area contributed by atoms with Gasteiger partial charge in [-0.3, -0.25) is 4.98 Å². The van der Waals surface area contributed by atoms with Crippen molar-refractivity contribution < 1.29 is 4.84 Å². The SMILES string of the molecule is CC(C)ON=C1CCN(C)c2ncc(-c3cnc(-c4cccnc4)s3)nc21. The lowest BCUT2D eigenvalue weighted by molar-refractivity contribution is 0.0855. The van der Waals surface area contributed by atoms with Gasteiger partial charge in [0.25, 0.3) is 0 Å². The van der Waals surface area contributed by atoms with Crippen molar-refractivity contribution in [3.05, 3.63) is 42.6 Å². The lowest BCUT2D eigenvalue weighted by atomic mass is 10.1. The summed E-state index contributed by atoms with van der Waals surface area (Å²) in [6.07, 6.45) is 7.99. The smallest absolute Gasteiger partial charge is 0.156 e. The van der Waals surface area contributed by atoms with Crippen molar-refractivity contribution in [2.45, 2.75) is 26.4 Å². The normalized spacial score (nSPS) is 15.3. The van der Waals surface area contributed by atoms with Crippen molar-refractivity contribution >= 4 is 22.9 Å². The van der Waals surface area contributed by atoms with Crippen molar-refractivity contribution in [1.82, 2.24) is 19.9 Å². The van der Waals surface area contributed by atoms with Gasteiger partial charge in [-0.2, -0.15) is 0 Å². The number of nitrogens with zero attached hydrogens (tertiary/aromatic N) is 6. The maximum absolute atomic E-state index is 5.47. The van der Waals surface area contributed by atoms with E-state index >= 15 is 0 Å². The van der Waals surface area contributed by atoms with E-state index in [1.54, 1.807) is 23.7 Å². The maximum Gasteiger partial charge on any atom is 0.156 e. The number of fused-ring (bicyclic) bond motifs is 1. The molecule has 0 N–H and O–H groups in total. The number of aromatic nitrogens is 4. The third-order valence-corrected chi connectivity index (χ3v) is 5.18. The average Bonchev–Trinajstić information content (AvgIpc) is 3.18. The fraction of sp³-hybridized carbons (Fsp3) is 0.316. The molecule has 0 atom stereocenters. The van der Waals surface area contributed by atoms with Crippen LogP contribution >= 0.6 is 11.3 Å². The Kier molecular flexibility index (Phi) is 4.81. The molecule has 27 heavy (non-hydrogen) atoms. The molecule has 0 fully saturated rings. The van der Waals surface area contributed by atoms with Crippen LogP contribution in [0.2, 0.25) is 0 Å². The zero-order valence-corrected chi connectivity index (χ0v) is 16.3. The number of thiazole rings is 1. The molecule has 0 unspecified atom stereocenters. The summed E-state index contributed by atoms with van der Waals surface area (Å²) in [5.41, 5.74) is 3.39. The Labute approximate surface area is 161 Å². The largest absolute Gasteiger partial charge is 0.393 e. The molecule has 0 bridgehead atoms. The van der Waals surface area contributed by atoms with Crippen molar-refractivity contribution in [3.63, 3.8) is 0 Å². The lowest BCUT2D eigenvalue weighted by Crippen LogP contribution is -2.31. The minimum absolute atomic E-state index is 0.0280. The molecule has 3 aromatic heterocycles. The average molecular weight is 380 g/mol. The quantitative estimate of drug-likeness (QED) is 0.643. The first kappa shape index (κ1) is 17.5. The molecule has 3 aromatic rings. The molecular formula is C19H20N6OS. The van der Waals surface area contributed by atoms with Gasteiger partial charge in [-0.05, 0) is 26.0 Å². The minimum atomic E-state index is 0.0280. The Morgan fingerprint density at radius 1 is 1.22 bits per heavy atom. The summed E-state index contributed by atoms with van der Waals surface area (Å²) >= 11 is 1.57. The van der Waals surface area contributed by atoms with Gasteiger partial charge in [-0.1, -0.05) is 5.16 Å². The van der Waals surface area contributed by atoms with Crippen LogP contribution in [0.3, 0.4) is 0 Å². The number of pyridine rings is 1. The van der Waals surface area contributed by atoms with Gasteiger partial charge in [0.15, 0.2) is 5.82 Å². The van der Waals surface area contributed by atoms with Crippen molar-refractivity contribution in [3.8, 4) is 21.1 Å². The zero-order valence-electron chi connectivity index (χ0n) is 15.5. The molecule has 4 heterocycles. The fourth-order valence-corrected chi connectivity index (χ4v) is 3.61. The summed E-state index contributed by atoms with van der Waals surface area (Å²) in [6, 6.07) is 3.90. The van der Waals surface area contributed by atoms with E-state index in [2.05, 4.69) is 25.0 Å². The topological polar surface area (TPSA) is 76.4 Å². The minimum Gasteiger partial charge on any atom is -0.393 e. The predicted molar refractivity (Wildman–Crippen MR) is 107 cm³/mol. The molecule has 8 heteroatoms. The number of hydrogen-bond donors (Lipinski definition) is 0. The van der Waals surface area contributed by atoms with Crippen LogP contribution in [0.4, 0.5) is 5.82 Å². The van der Waals surface area contributed by atoms with Gasteiger partial charge in [0.05, 0.1) is 11.1 Å². The zero-order chi connectivity index (χ0) is 18.8. The van der Waals surface area contributed by atoms with Gasteiger partial charge >= 0.3 is 0 Å². The molecule has 1 aliphatic heterocycles. The van der Waals surface area contributed by atoms with Crippen LogP contribution in [0.15, 0.2) is 42.1 Å². The summed E-state index contributed by atoms with van der Waals surface area (Å²) in [6.45, 7) is 4.76. The highest BCUT2D eigenvalue weighted by molar-refractivity contribution is 7.18. The van der Waals surface area contributed by atoms with E-state index in [0.717, 1.165) is 51.3 Å². The van der Waals surface area contributed by atoms with Crippen LogP contribution in [0.5, 0.6) is 0 Å². The third kappa shape index (κ3) is 3.66. The van der Waals surface area contributed by atoms with E-state index in [1.165, 1.54) is 0 Å². The van der Waals surface area contributed by atoms with Crippen molar-refractivity contribution in [2.75, 3.05) is 18.5 Å². The van der Waals surface area contributed by atoms with Gasteiger partial charge in [0.1, 0.15) is 28.2 Å². The summed E-state index contributed by atoms with van der Waals surface area (Å²) in [5.74, 6) is 0.827. The lowest BCUT2D eigenvalue weighted by Gasteiger charge is -2.26. The molecule has 0 amide bonds. The number of hydrogen-bond acceptors (Lipinski definition) is 8. The van der Waals surface area contributed by atoms with Gasteiger partial charge in [-0.25, -0.2) is 15.0 Å². The van der Waals surface area contributed by atoms with Gasteiger partial charge in [0, 0.05) is 44.2 Å². The van der Waals surface area contributed by atoms with E-state index < -0.39 is 0 Å². The Balaban J connectivity index is 1.71. The third-order valence-electron chi connectivity index (χ3n) is 4.11. The maximum atomic E-state index is 5.47. The van der Waals surface area contributed by atoms with Crippen molar-refractivity contribution in [1.29, 1.82) is 0 Å². The molecule has 0 radical (unpaired) electrons. The highest BCUT2D eigenvalue weighted by Crippen LogP contribution is 2.32. The summed E-state index contributed by atoms with van der Waals surface area (Å²) in [7, 11) is 2.01. The Bertz CT molecular complexity index is 969. The van der Waals surface area contributed by atoms with E-state index in [4.69, 9.17) is 9.82 Å². The molecule has 0 aliphatic carbocycles. The molecule has 0 saturated heterocycles. The van der Waals surface area contributed by atoms with Crippen LogP contribution < -0.4 is 4.90 Å². The first-order valence-electron chi connectivity index (χ1n) is 8.79. The molecule has 7 nitrogen and oxygen atoms in total. The molecule has 0 aromatic carbocycles. The first-order valence-corrected chi connectivity index (χ1v) is 9.61. The highest BCUT2D eigenvalue weighted by atomic mass is 32.1. The van der Waals surface area contributed by atoms with Gasteiger partial charge in [-0.15, -0.1) is 11.3 Å². The second-order valence-electron chi connectivity index (χ2n) is 6.56. The molecule has 0 spiro atoms. The fourth-order valence-electron chi connectivity index (χ4n) is 2.75. The molecular weight excluding hydrogens is 360 g/mol. The summed E-state index contributed by atoms with van der Waals surface area (Å²) in [5, 5.41) is 5.22. The van der Waals surface area contributed by atoms with E-state index in [1.807, 2.05) is 45.4 Å². The molecule has 1 aliphatic rings. The van der Waals surface area contributed by atoms with Crippen LogP contribution in [0, 0.1) is 0 Å². The second-order valence-corrected chi connectivity index (χ2v) is 7.59. The first-order chi connectivity index (χ1) is 13.1. The van der Waals surface area contributed by atoms with Gasteiger partial charge in [0.2, 0.25) is 0 Å². The van der Waals surface area contributed by atoms with Crippen LogP contribution in [0.25, 0.3) is 21.1 Å². The van der Waals surface area contributed by atoms with Gasteiger partial charge < -0.3 is 9.74 Å². The Hall–Kier alpha value is -2.87. The number of anilines is 1. The van der Waals surface area contributed by atoms with Crippen LogP contribution in [-0.2, 0) is 4.84 Å². The monoisotopic (exact) mass is 380 g/mol. The Morgan fingerprint density at radius 2 is 2.11 bits per heavy atom. The van der Waals surface area contributed by atoms with E-state index in [-0.39, 0.29) is 6.10 Å². The molecule has 0 saturated carbocycles. The standard InChI is InChI=1S/C19H20N6OS/c1-12(2)26-24-14-6-8-25(3)18-17(14)23-15(10-21-18)16-11-22-19(27-16)13-5-4-7-20-9-13/h4-5,7,9-12H,6,8H2,1-3H3. The summed E-state index contributed by atoms with van der Waals surface area (Å²) < 4.78 is 0. The Morgan fingerprint density at radius 3 is 2.89 bits per heavy atom. The van der Waals surface area contributed by atoms with E-state index in [0.29, 0.717) is 0 Å². The summed E-state index contributed by atoms with van der Waals surface area (Å²) in [4.78, 5) is 26.7.